The minimum atomic E-state index is -0.0544. The molecule has 0 aromatic carbocycles. The van der Waals surface area contributed by atoms with Crippen molar-refractivity contribution in [2.24, 2.45) is 52.1 Å². The molecule has 3 heteroatoms. The van der Waals surface area contributed by atoms with E-state index in [1.54, 1.807) is 5.57 Å². The van der Waals surface area contributed by atoms with Crippen LogP contribution in [0, 0.1) is 46.3 Å². The normalized spacial score (nSPS) is 40.2. The highest BCUT2D eigenvalue weighted by Gasteiger charge is 2.59. The van der Waals surface area contributed by atoms with Crippen molar-refractivity contribution in [2.45, 2.75) is 124 Å². The first-order valence-corrected chi connectivity index (χ1v) is 14.8. The van der Waals surface area contributed by atoms with Crippen LogP contribution in [0.2, 0.25) is 0 Å². The van der Waals surface area contributed by atoms with E-state index in [4.69, 9.17) is 10.5 Å². The van der Waals surface area contributed by atoms with Gasteiger partial charge in [0.15, 0.2) is 0 Å². The highest BCUT2D eigenvalue weighted by Crippen LogP contribution is 2.67. The maximum Gasteiger partial charge on any atom is 0.306 e. The lowest BCUT2D eigenvalue weighted by molar-refractivity contribution is -0.151. The van der Waals surface area contributed by atoms with Gasteiger partial charge in [0.05, 0.1) is 0 Å². The van der Waals surface area contributed by atoms with E-state index in [1.807, 2.05) is 0 Å². The molecule has 0 radical (unpaired) electrons. The number of fused-ring (bicyclic) bond motifs is 5. The lowest BCUT2D eigenvalue weighted by Gasteiger charge is -2.58. The van der Waals surface area contributed by atoms with Crippen LogP contribution in [0.25, 0.3) is 0 Å². The molecule has 0 aromatic rings. The molecule has 0 bridgehead atoms. The quantitative estimate of drug-likeness (QED) is 0.277. The molecule has 8 atom stereocenters. The molecular formula is C31H53NO2. The molecule has 0 amide bonds. The summed E-state index contributed by atoms with van der Waals surface area (Å²) in [6.07, 6.45) is 18.3. The molecule has 0 aliphatic heterocycles. The predicted octanol–water partition coefficient (Wildman–Crippen LogP) is 7.68. The predicted molar refractivity (Wildman–Crippen MR) is 141 cm³/mol. The van der Waals surface area contributed by atoms with Gasteiger partial charge in [-0.3, -0.25) is 4.79 Å². The van der Waals surface area contributed by atoms with Gasteiger partial charge < -0.3 is 10.5 Å². The molecule has 4 aliphatic rings. The number of rotatable bonds is 9. The van der Waals surface area contributed by atoms with E-state index in [9.17, 15) is 4.79 Å². The van der Waals surface area contributed by atoms with E-state index < -0.39 is 0 Å². The molecule has 194 valence electrons. The van der Waals surface area contributed by atoms with Crippen LogP contribution in [-0.2, 0) is 9.53 Å². The Hall–Kier alpha value is -0.830. The fourth-order valence-corrected chi connectivity index (χ4v) is 9.24. The van der Waals surface area contributed by atoms with Gasteiger partial charge in [-0.05, 0) is 104 Å². The smallest absolute Gasteiger partial charge is 0.306 e. The second-order valence-corrected chi connectivity index (χ2v) is 13.5. The number of esters is 1. The Morgan fingerprint density at radius 3 is 2.59 bits per heavy atom. The third-order valence-corrected chi connectivity index (χ3v) is 11.1. The molecule has 0 saturated heterocycles. The van der Waals surface area contributed by atoms with Crippen LogP contribution in [0.4, 0.5) is 0 Å². The van der Waals surface area contributed by atoms with Crippen LogP contribution in [-0.4, -0.2) is 18.6 Å². The molecule has 34 heavy (non-hydrogen) atoms. The Morgan fingerprint density at radius 1 is 1.06 bits per heavy atom. The van der Waals surface area contributed by atoms with Crippen LogP contribution in [0.1, 0.15) is 118 Å². The van der Waals surface area contributed by atoms with Crippen LogP contribution in [0.15, 0.2) is 11.6 Å². The monoisotopic (exact) mass is 471 g/mol. The van der Waals surface area contributed by atoms with Gasteiger partial charge in [-0.15, -0.1) is 0 Å². The molecule has 0 aromatic heterocycles. The molecule has 3 fully saturated rings. The van der Waals surface area contributed by atoms with Gasteiger partial charge in [0.25, 0.3) is 0 Å². The molecule has 2 N–H and O–H groups in total. The number of ether oxygens (including phenoxy) is 1. The van der Waals surface area contributed by atoms with Gasteiger partial charge in [0, 0.05) is 12.8 Å². The Balaban J connectivity index is 1.41. The molecule has 3 nitrogen and oxygen atoms in total. The van der Waals surface area contributed by atoms with E-state index in [2.05, 4.69) is 40.7 Å². The van der Waals surface area contributed by atoms with Gasteiger partial charge >= 0.3 is 5.97 Å². The number of hydrogen-bond donors (Lipinski definition) is 1. The first kappa shape index (κ1) is 26.2. The SMILES string of the molecule is CC(C)CCC[C@@H](C)[C@H]1CCC2C3CC=C4CC(OC(=O)CCCN)CC[C@]4(C)C3CC[C@@]21C. The lowest BCUT2D eigenvalue weighted by Crippen LogP contribution is -2.51. The zero-order valence-corrected chi connectivity index (χ0v) is 22.9. The maximum absolute atomic E-state index is 12.2. The van der Waals surface area contributed by atoms with Gasteiger partial charge in [0.1, 0.15) is 6.10 Å². The van der Waals surface area contributed by atoms with Crippen LogP contribution < -0.4 is 5.73 Å². The van der Waals surface area contributed by atoms with Crippen molar-refractivity contribution in [1.29, 1.82) is 0 Å². The topological polar surface area (TPSA) is 52.3 Å². The number of allylic oxidation sites excluding steroid dienone is 1. The van der Waals surface area contributed by atoms with Gasteiger partial charge in [-0.25, -0.2) is 0 Å². The van der Waals surface area contributed by atoms with Crippen LogP contribution >= 0.6 is 0 Å². The summed E-state index contributed by atoms with van der Waals surface area (Å²) in [7, 11) is 0. The zero-order chi connectivity index (χ0) is 24.5. The van der Waals surface area contributed by atoms with Crippen molar-refractivity contribution >= 4 is 5.97 Å². The number of hydrogen-bond acceptors (Lipinski definition) is 3. The molecule has 0 heterocycles. The highest BCUT2D eigenvalue weighted by molar-refractivity contribution is 5.69. The molecule has 4 unspecified atom stereocenters. The molecule has 4 rings (SSSR count). The fraction of sp³-hybridized carbons (Fsp3) is 0.903. The highest BCUT2D eigenvalue weighted by atomic mass is 16.5. The molecular weight excluding hydrogens is 418 g/mol. The summed E-state index contributed by atoms with van der Waals surface area (Å²) in [4.78, 5) is 12.2. The van der Waals surface area contributed by atoms with Crippen molar-refractivity contribution in [3.8, 4) is 0 Å². The Labute approximate surface area is 210 Å². The zero-order valence-electron chi connectivity index (χ0n) is 22.9. The number of nitrogens with two attached hydrogens (primary N) is 1. The van der Waals surface area contributed by atoms with Crippen molar-refractivity contribution in [3.63, 3.8) is 0 Å². The molecule has 0 spiro atoms. The van der Waals surface area contributed by atoms with Gasteiger partial charge in [0.2, 0.25) is 0 Å². The molecule has 3 saturated carbocycles. The molecule has 4 aliphatic carbocycles. The van der Waals surface area contributed by atoms with Gasteiger partial charge in [-0.1, -0.05) is 65.5 Å². The van der Waals surface area contributed by atoms with E-state index in [0.717, 1.165) is 54.8 Å². The van der Waals surface area contributed by atoms with Crippen molar-refractivity contribution in [1.82, 2.24) is 0 Å². The summed E-state index contributed by atoms with van der Waals surface area (Å²) in [6.45, 7) is 13.1. The summed E-state index contributed by atoms with van der Waals surface area (Å²) < 4.78 is 5.86. The van der Waals surface area contributed by atoms with E-state index in [-0.39, 0.29) is 12.1 Å². The second-order valence-electron chi connectivity index (χ2n) is 13.5. The second kappa shape index (κ2) is 10.7. The van der Waals surface area contributed by atoms with Crippen molar-refractivity contribution in [3.05, 3.63) is 11.6 Å². The largest absolute Gasteiger partial charge is 0.462 e. The Kier molecular flexibility index (Phi) is 8.22. The number of carbonyl (C=O) groups excluding carboxylic acids is 1. The maximum atomic E-state index is 12.2. The van der Waals surface area contributed by atoms with Gasteiger partial charge in [-0.2, -0.15) is 0 Å². The summed E-state index contributed by atoms with van der Waals surface area (Å²) >= 11 is 0. The van der Waals surface area contributed by atoms with Crippen molar-refractivity contribution in [2.75, 3.05) is 6.54 Å². The Bertz CT molecular complexity index is 744. The summed E-state index contributed by atoms with van der Waals surface area (Å²) in [5, 5.41) is 0. The summed E-state index contributed by atoms with van der Waals surface area (Å²) in [5.41, 5.74) is 8.05. The van der Waals surface area contributed by atoms with E-state index in [0.29, 0.717) is 23.8 Å². The van der Waals surface area contributed by atoms with E-state index in [1.165, 1.54) is 57.8 Å². The minimum Gasteiger partial charge on any atom is -0.462 e. The number of carbonyl (C=O) groups is 1. The first-order valence-electron chi connectivity index (χ1n) is 14.8. The third kappa shape index (κ3) is 5.02. The summed E-state index contributed by atoms with van der Waals surface area (Å²) in [5.74, 6) is 5.18. The lowest BCUT2D eigenvalue weighted by atomic mass is 9.47. The average molecular weight is 472 g/mol. The summed E-state index contributed by atoms with van der Waals surface area (Å²) in [6, 6.07) is 0. The standard InChI is InChI=1S/C31H53NO2/c1-21(2)8-6-9-22(3)26-13-14-27-25-12-11-23-20-24(34-29(33)10-7-19-32)15-17-30(23,4)28(25)16-18-31(26,27)5/h11,21-22,24-28H,6-10,12-20,32H2,1-5H3/t22-,24?,25?,26-,27?,28?,30+,31-/m1/s1. The van der Waals surface area contributed by atoms with Crippen molar-refractivity contribution < 1.29 is 9.53 Å². The van der Waals surface area contributed by atoms with Crippen LogP contribution in [0.5, 0.6) is 0 Å². The average Bonchev–Trinajstić information content (AvgIpc) is 3.15. The minimum absolute atomic E-state index is 0.0544. The first-order chi connectivity index (χ1) is 16.2. The van der Waals surface area contributed by atoms with Crippen LogP contribution in [0.3, 0.4) is 0 Å². The fourth-order valence-electron chi connectivity index (χ4n) is 9.24. The third-order valence-electron chi connectivity index (χ3n) is 11.1. The Morgan fingerprint density at radius 2 is 1.85 bits per heavy atom. The van der Waals surface area contributed by atoms with E-state index >= 15 is 0 Å².